The van der Waals surface area contributed by atoms with Gasteiger partial charge in [-0.3, -0.25) is 0 Å². The molecule has 1 atom stereocenters. The molecule has 0 aliphatic rings. The fraction of sp³-hybridized carbons (Fsp3) is 0.714. The molecule has 0 saturated heterocycles. The van der Waals surface area contributed by atoms with Gasteiger partial charge < -0.3 is 4.55 Å². The van der Waals surface area contributed by atoms with Gasteiger partial charge in [-0.05, 0) is 20.3 Å². The van der Waals surface area contributed by atoms with Crippen LogP contribution < -0.4 is 29.6 Å². The van der Waals surface area contributed by atoms with Crippen molar-refractivity contribution in [3.63, 3.8) is 0 Å². The SMILES string of the molecule is CC/C(C)=C\C(C)S(=O)(=O)[O-].[Na+]. The van der Waals surface area contributed by atoms with Crippen LogP contribution in [0.5, 0.6) is 0 Å². The Labute approximate surface area is 96.3 Å². The molecule has 0 aliphatic heterocycles. The minimum absolute atomic E-state index is 0. The first-order valence-electron chi connectivity index (χ1n) is 3.50. The van der Waals surface area contributed by atoms with Gasteiger partial charge in [0.05, 0.1) is 5.25 Å². The van der Waals surface area contributed by atoms with Gasteiger partial charge in [0.15, 0.2) is 0 Å². The number of allylic oxidation sites excluding steroid dienone is 1. The molecule has 0 bridgehead atoms. The molecule has 0 aromatic carbocycles. The Hall–Kier alpha value is 0.650. The van der Waals surface area contributed by atoms with Gasteiger partial charge in [0.2, 0.25) is 0 Å². The maximum atomic E-state index is 10.4. The van der Waals surface area contributed by atoms with Gasteiger partial charge in [0.1, 0.15) is 10.1 Å². The molecule has 0 fully saturated rings. The van der Waals surface area contributed by atoms with Crippen LogP contribution in [0.3, 0.4) is 0 Å². The van der Waals surface area contributed by atoms with Crippen molar-refractivity contribution in [2.75, 3.05) is 0 Å². The summed E-state index contributed by atoms with van der Waals surface area (Å²) in [4.78, 5) is 0. The molecule has 0 saturated carbocycles. The van der Waals surface area contributed by atoms with Gasteiger partial charge in [-0.2, -0.15) is 0 Å². The summed E-state index contributed by atoms with van der Waals surface area (Å²) in [6, 6.07) is 0. The fourth-order valence-corrected chi connectivity index (χ4v) is 1.00. The third-order valence-corrected chi connectivity index (χ3v) is 2.58. The zero-order chi connectivity index (χ0) is 9.07. The van der Waals surface area contributed by atoms with Crippen molar-refractivity contribution in [2.24, 2.45) is 0 Å². The molecule has 1 unspecified atom stereocenters. The first-order valence-corrected chi connectivity index (χ1v) is 4.97. The molecule has 0 aromatic rings. The molecule has 0 N–H and O–H groups in total. The third kappa shape index (κ3) is 6.20. The van der Waals surface area contributed by atoms with E-state index in [1.807, 2.05) is 13.8 Å². The van der Waals surface area contributed by atoms with Crippen molar-refractivity contribution < 1.29 is 42.5 Å². The quantitative estimate of drug-likeness (QED) is 0.309. The molecule has 0 spiro atoms. The molecule has 0 amide bonds. The largest absolute Gasteiger partial charge is 1.00 e. The van der Waals surface area contributed by atoms with Crippen LogP contribution in [0.15, 0.2) is 11.6 Å². The Morgan fingerprint density at radius 1 is 1.58 bits per heavy atom. The Morgan fingerprint density at radius 3 is 2.25 bits per heavy atom. The second-order valence-corrected chi connectivity index (χ2v) is 4.29. The van der Waals surface area contributed by atoms with E-state index in [-0.39, 0.29) is 29.6 Å². The first-order chi connectivity index (χ1) is 4.88. The van der Waals surface area contributed by atoms with Crippen molar-refractivity contribution in [1.29, 1.82) is 0 Å². The number of hydrogen-bond donors (Lipinski definition) is 0. The van der Waals surface area contributed by atoms with Gasteiger partial charge in [-0.15, -0.1) is 0 Å². The normalized spacial score (nSPS) is 15.2. The van der Waals surface area contributed by atoms with E-state index >= 15 is 0 Å². The van der Waals surface area contributed by atoms with Crippen LogP contribution in [-0.2, 0) is 10.1 Å². The van der Waals surface area contributed by atoms with Crippen LogP contribution in [0.1, 0.15) is 27.2 Å². The van der Waals surface area contributed by atoms with Crippen LogP contribution in [0.25, 0.3) is 0 Å². The van der Waals surface area contributed by atoms with E-state index in [0.29, 0.717) is 0 Å². The van der Waals surface area contributed by atoms with Gasteiger partial charge in [0, 0.05) is 0 Å². The van der Waals surface area contributed by atoms with E-state index in [0.717, 1.165) is 12.0 Å². The first kappa shape index (κ1) is 15.1. The van der Waals surface area contributed by atoms with Crippen molar-refractivity contribution in [3.05, 3.63) is 11.6 Å². The summed E-state index contributed by atoms with van der Waals surface area (Å²) in [5.74, 6) is 0. The molecule has 0 heterocycles. The Bertz CT molecular complexity index is 243. The topological polar surface area (TPSA) is 57.2 Å². The standard InChI is InChI=1S/C7H14O3S.Na/c1-4-6(2)5-7(3)11(8,9)10;/h5,7H,4H2,1-3H3,(H,8,9,10);/q;+1/p-1/b6-5-;. The second kappa shape index (κ2) is 6.16. The van der Waals surface area contributed by atoms with Crippen LogP contribution in [0, 0.1) is 0 Å². The van der Waals surface area contributed by atoms with E-state index in [9.17, 15) is 13.0 Å². The van der Waals surface area contributed by atoms with Crippen LogP contribution in [0.4, 0.5) is 0 Å². The third-order valence-electron chi connectivity index (χ3n) is 1.53. The summed E-state index contributed by atoms with van der Waals surface area (Å²) >= 11 is 0. The minimum Gasteiger partial charge on any atom is -0.747 e. The second-order valence-electron chi connectivity index (χ2n) is 2.56. The molecular formula is C7H13NaO3S. The molecule has 66 valence electrons. The van der Waals surface area contributed by atoms with E-state index < -0.39 is 15.4 Å². The molecule has 12 heavy (non-hydrogen) atoms. The Morgan fingerprint density at radius 2 is 2.00 bits per heavy atom. The maximum absolute atomic E-state index is 10.4. The maximum Gasteiger partial charge on any atom is 1.00 e. The molecule has 0 aromatic heterocycles. The van der Waals surface area contributed by atoms with E-state index in [1.54, 1.807) is 0 Å². The van der Waals surface area contributed by atoms with Crippen LogP contribution in [-0.4, -0.2) is 18.2 Å². The average molecular weight is 200 g/mol. The summed E-state index contributed by atoms with van der Waals surface area (Å²) in [7, 11) is -4.13. The summed E-state index contributed by atoms with van der Waals surface area (Å²) in [6.45, 7) is 5.11. The van der Waals surface area contributed by atoms with Crippen molar-refractivity contribution in [3.8, 4) is 0 Å². The molecule has 3 nitrogen and oxygen atoms in total. The van der Waals surface area contributed by atoms with Crippen LogP contribution in [0.2, 0.25) is 0 Å². The summed E-state index contributed by atoms with van der Waals surface area (Å²) in [5, 5.41) is -0.901. The Balaban J connectivity index is 0. The van der Waals surface area contributed by atoms with Gasteiger partial charge in [0.25, 0.3) is 0 Å². The zero-order valence-corrected chi connectivity index (χ0v) is 10.8. The molecule has 0 radical (unpaired) electrons. The Kier molecular flexibility index (Phi) is 7.77. The van der Waals surface area contributed by atoms with Crippen molar-refractivity contribution in [2.45, 2.75) is 32.4 Å². The molecular weight excluding hydrogens is 187 g/mol. The van der Waals surface area contributed by atoms with Gasteiger partial charge >= 0.3 is 29.6 Å². The minimum atomic E-state index is -4.13. The van der Waals surface area contributed by atoms with Crippen molar-refractivity contribution >= 4 is 10.1 Å². The summed E-state index contributed by atoms with van der Waals surface area (Å²) in [6.07, 6.45) is 2.27. The predicted molar refractivity (Wildman–Crippen MR) is 43.2 cm³/mol. The smallest absolute Gasteiger partial charge is 0.747 e. The molecule has 5 heteroatoms. The van der Waals surface area contributed by atoms with Crippen LogP contribution >= 0.6 is 0 Å². The number of hydrogen-bond acceptors (Lipinski definition) is 3. The monoisotopic (exact) mass is 200 g/mol. The number of rotatable bonds is 3. The summed E-state index contributed by atoms with van der Waals surface area (Å²) < 4.78 is 31.1. The molecule has 0 rings (SSSR count). The average Bonchev–Trinajstić information content (AvgIpc) is 1.85. The van der Waals surface area contributed by atoms with E-state index in [1.165, 1.54) is 13.0 Å². The fourth-order valence-electron chi connectivity index (χ4n) is 0.602. The van der Waals surface area contributed by atoms with Gasteiger partial charge in [-0.1, -0.05) is 18.6 Å². The van der Waals surface area contributed by atoms with Gasteiger partial charge in [-0.25, -0.2) is 8.42 Å². The van der Waals surface area contributed by atoms with E-state index in [2.05, 4.69) is 0 Å². The van der Waals surface area contributed by atoms with E-state index in [4.69, 9.17) is 0 Å². The predicted octanol–water partition coefficient (Wildman–Crippen LogP) is -1.72. The van der Waals surface area contributed by atoms with Crippen molar-refractivity contribution in [1.82, 2.24) is 0 Å². The molecule has 0 aliphatic carbocycles. The zero-order valence-electron chi connectivity index (χ0n) is 7.99. The summed E-state index contributed by atoms with van der Waals surface area (Å²) in [5.41, 5.74) is 0.928.